The van der Waals surface area contributed by atoms with Gasteiger partial charge in [-0.3, -0.25) is 9.48 Å². The van der Waals surface area contributed by atoms with Crippen molar-refractivity contribution in [2.75, 3.05) is 20.8 Å². The second-order valence-electron chi connectivity index (χ2n) is 8.15. The van der Waals surface area contributed by atoms with Crippen LogP contribution in [-0.2, 0) is 22.0 Å². The molecule has 1 aliphatic rings. The molecule has 0 aliphatic carbocycles. The van der Waals surface area contributed by atoms with E-state index in [2.05, 4.69) is 14.8 Å². The minimum absolute atomic E-state index is 0.0758. The van der Waals surface area contributed by atoms with Gasteiger partial charge < -0.3 is 14.2 Å². The maximum Gasteiger partial charge on any atom is 0.283 e. The molecule has 1 amide bonds. The van der Waals surface area contributed by atoms with Gasteiger partial charge in [0, 0.05) is 28.9 Å². The van der Waals surface area contributed by atoms with Crippen molar-refractivity contribution in [1.82, 2.24) is 19.5 Å². The van der Waals surface area contributed by atoms with Gasteiger partial charge >= 0.3 is 0 Å². The summed E-state index contributed by atoms with van der Waals surface area (Å²) in [5.41, 5.74) is 0.903. The fraction of sp³-hybridized carbons (Fsp3) is 0.318. The molecule has 33 heavy (non-hydrogen) atoms. The monoisotopic (exact) mass is 472 g/mol. The standard InChI is InChI=1S/C22H24N4O6S/c1-22(2)13-32-18-15(22)7-9-17(30-3)19(18)33(28,29)25-20(27)16-8-6-14(21(24-16)31-4)12-26-11-5-10-23-26/h5-11H,12-13H2,1-4H3,(H,25,27). The van der Waals surface area contributed by atoms with Gasteiger partial charge in [-0.2, -0.15) is 5.10 Å². The number of pyridine rings is 1. The highest BCUT2D eigenvalue weighted by Gasteiger charge is 2.39. The number of hydrogen-bond donors (Lipinski definition) is 1. The second kappa shape index (κ2) is 8.39. The molecular formula is C22H24N4O6S. The number of benzene rings is 1. The van der Waals surface area contributed by atoms with Crippen LogP contribution in [0.4, 0.5) is 0 Å². The largest absolute Gasteiger partial charge is 0.495 e. The molecular weight excluding hydrogens is 448 g/mol. The van der Waals surface area contributed by atoms with Gasteiger partial charge in [-0.25, -0.2) is 18.1 Å². The number of fused-ring (bicyclic) bond motifs is 1. The zero-order chi connectivity index (χ0) is 23.8. The highest BCUT2D eigenvalue weighted by atomic mass is 32.2. The van der Waals surface area contributed by atoms with Crippen LogP contribution >= 0.6 is 0 Å². The summed E-state index contributed by atoms with van der Waals surface area (Å²) in [6.07, 6.45) is 3.42. The van der Waals surface area contributed by atoms with E-state index < -0.39 is 15.9 Å². The van der Waals surface area contributed by atoms with E-state index in [-0.39, 0.29) is 33.4 Å². The molecule has 3 heterocycles. The van der Waals surface area contributed by atoms with Gasteiger partial charge in [-0.05, 0) is 24.3 Å². The van der Waals surface area contributed by atoms with Crippen LogP contribution in [0.15, 0.2) is 47.6 Å². The van der Waals surface area contributed by atoms with E-state index in [0.29, 0.717) is 18.7 Å². The molecule has 4 rings (SSSR count). The third-order valence-corrected chi connectivity index (χ3v) is 6.73. The van der Waals surface area contributed by atoms with Crippen molar-refractivity contribution in [1.29, 1.82) is 0 Å². The molecule has 0 atom stereocenters. The molecule has 0 saturated heterocycles. The first-order valence-corrected chi connectivity index (χ1v) is 11.6. The minimum Gasteiger partial charge on any atom is -0.495 e. The van der Waals surface area contributed by atoms with Crippen molar-refractivity contribution < 1.29 is 27.4 Å². The fourth-order valence-corrected chi connectivity index (χ4v) is 4.93. The third-order valence-electron chi connectivity index (χ3n) is 5.35. The second-order valence-corrected chi connectivity index (χ2v) is 9.77. The summed E-state index contributed by atoms with van der Waals surface area (Å²) < 4.78 is 46.5. The fourth-order valence-electron chi connectivity index (χ4n) is 3.65. The Morgan fingerprint density at radius 3 is 2.67 bits per heavy atom. The van der Waals surface area contributed by atoms with E-state index >= 15 is 0 Å². The summed E-state index contributed by atoms with van der Waals surface area (Å²) in [5.74, 6) is -0.457. The number of carbonyl (C=O) groups is 1. The lowest BCUT2D eigenvalue weighted by atomic mass is 9.87. The van der Waals surface area contributed by atoms with E-state index in [1.165, 1.54) is 20.3 Å². The van der Waals surface area contributed by atoms with Crippen LogP contribution in [0.2, 0.25) is 0 Å². The van der Waals surface area contributed by atoms with Gasteiger partial charge in [-0.1, -0.05) is 19.9 Å². The Kier molecular flexibility index (Phi) is 5.75. The third kappa shape index (κ3) is 4.23. The molecule has 1 N–H and O–H groups in total. The van der Waals surface area contributed by atoms with Crippen molar-refractivity contribution >= 4 is 15.9 Å². The van der Waals surface area contributed by atoms with Crippen LogP contribution < -0.4 is 18.9 Å². The Labute approximate surface area is 191 Å². The summed E-state index contributed by atoms with van der Waals surface area (Å²) >= 11 is 0. The molecule has 2 aromatic heterocycles. The van der Waals surface area contributed by atoms with Gasteiger partial charge in [-0.15, -0.1) is 0 Å². The predicted octanol–water partition coefficient (Wildman–Crippen LogP) is 2.13. The van der Waals surface area contributed by atoms with Crippen molar-refractivity contribution in [3.05, 3.63) is 59.5 Å². The Bertz CT molecular complexity index is 1300. The van der Waals surface area contributed by atoms with Crippen LogP contribution in [-0.4, -0.2) is 49.9 Å². The molecule has 10 nitrogen and oxygen atoms in total. The van der Waals surface area contributed by atoms with Crippen LogP contribution in [0.1, 0.15) is 35.5 Å². The average Bonchev–Trinajstić information content (AvgIpc) is 3.40. The van der Waals surface area contributed by atoms with Crippen LogP contribution in [0, 0.1) is 0 Å². The number of methoxy groups -OCH3 is 2. The summed E-state index contributed by atoms with van der Waals surface area (Å²) in [6.45, 7) is 4.58. The highest BCUT2D eigenvalue weighted by Crippen LogP contribution is 2.46. The molecule has 1 aromatic carbocycles. The number of amides is 1. The van der Waals surface area contributed by atoms with E-state index in [1.54, 1.807) is 41.3 Å². The summed E-state index contributed by atoms with van der Waals surface area (Å²) in [6, 6.07) is 8.18. The highest BCUT2D eigenvalue weighted by molar-refractivity contribution is 7.90. The lowest BCUT2D eigenvalue weighted by Gasteiger charge is -2.17. The Hall–Kier alpha value is -3.60. The number of aromatic nitrogens is 3. The minimum atomic E-state index is -4.34. The topological polar surface area (TPSA) is 122 Å². The summed E-state index contributed by atoms with van der Waals surface area (Å²) in [7, 11) is -1.57. The number of nitrogens with one attached hydrogen (secondary N) is 1. The van der Waals surface area contributed by atoms with Crippen molar-refractivity contribution in [3.63, 3.8) is 0 Å². The van der Waals surface area contributed by atoms with Gasteiger partial charge in [0.1, 0.15) is 17.2 Å². The van der Waals surface area contributed by atoms with Crippen molar-refractivity contribution in [3.8, 4) is 17.4 Å². The first-order chi connectivity index (χ1) is 15.7. The zero-order valence-electron chi connectivity index (χ0n) is 18.7. The first kappa shape index (κ1) is 22.6. The molecule has 0 fully saturated rings. The Balaban J connectivity index is 1.65. The Morgan fingerprint density at radius 1 is 1.21 bits per heavy atom. The average molecular weight is 473 g/mol. The maximum atomic E-state index is 13.2. The zero-order valence-corrected chi connectivity index (χ0v) is 19.5. The SMILES string of the molecule is COc1ccc2c(c1S(=O)(=O)NC(=O)c1ccc(Cn3cccn3)c(OC)n1)OCC2(C)C. The van der Waals surface area contributed by atoms with Gasteiger partial charge in [0.2, 0.25) is 5.88 Å². The lowest BCUT2D eigenvalue weighted by Crippen LogP contribution is -2.32. The van der Waals surface area contributed by atoms with Gasteiger partial charge in [0.25, 0.3) is 15.9 Å². The molecule has 0 spiro atoms. The number of carbonyl (C=O) groups excluding carboxylic acids is 1. The molecule has 0 bridgehead atoms. The number of hydrogen-bond acceptors (Lipinski definition) is 8. The molecule has 0 radical (unpaired) electrons. The lowest BCUT2D eigenvalue weighted by molar-refractivity contribution is 0.0975. The normalized spacial score (nSPS) is 14.3. The van der Waals surface area contributed by atoms with Gasteiger partial charge in [0.05, 0.1) is 27.4 Å². The number of sulfonamides is 1. The van der Waals surface area contributed by atoms with E-state index in [1.807, 2.05) is 13.8 Å². The maximum absolute atomic E-state index is 13.2. The Morgan fingerprint density at radius 2 is 2.00 bits per heavy atom. The summed E-state index contributed by atoms with van der Waals surface area (Å²) in [4.78, 5) is 16.8. The van der Waals surface area contributed by atoms with Gasteiger partial charge in [0.15, 0.2) is 4.90 Å². The van der Waals surface area contributed by atoms with Crippen LogP contribution in [0.25, 0.3) is 0 Å². The molecule has 3 aromatic rings. The molecule has 0 unspecified atom stereocenters. The van der Waals surface area contributed by atoms with E-state index in [4.69, 9.17) is 14.2 Å². The van der Waals surface area contributed by atoms with E-state index in [0.717, 1.165) is 5.56 Å². The van der Waals surface area contributed by atoms with E-state index in [9.17, 15) is 13.2 Å². The number of rotatable bonds is 7. The first-order valence-electron chi connectivity index (χ1n) is 10.1. The summed E-state index contributed by atoms with van der Waals surface area (Å²) in [5, 5.41) is 4.13. The number of ether oxygens (including phenoxy) is 3. The predicted molar refractivity (Wildman–Crippen MR) is 118 cm³/mol. The molecule has 1 aliphatic heterocycles. The molecule has 0 saturated carbocycles. The molecule has 11 heteroatoms. The van der Waals surface area contributed by atoms with Crippen LogP contribution in [0.5, 0.6) is 17.4 Å². The smallest absolute Gasteiger partial charge is 0.283 e. The quantitative estimate of drug-likeness (QED) is 0.555. The van der Waals surface area contributed by atoms with Crippen LogP contribution in [0.3, 0.4) is 0 Å². The number of nitrogens with zero attached hydrogens (tertiary/aromatic N) is 3. The van der Waals surface area contributed by atoms with Crippen molar-refractivity contribution in [2.24, 2.45) is 0 Å². The van der Waals surface area contributed by atoms with Crippen molar-refractivity contribution in [2.45, 2.75) is 30.7 Å². The molecule has 174 valence electrons.